The number of carbonyl (C=O) groups excluding carboxylic acids is 1. The number of anilines is 1. The normalized spacial score (nSPS) is 22.8. The predicted molar refractivity (Wildman–Crippen MR) is 67.1 cm³/mol. The van der Waals surface area contributed by atoms with E-state index in [0.29, 0.717) is 13.0 Å². The average molecular weight is 288 g/mol. The monoisotopic (exact) mass is 288 g/mol. The fourth-order valence-corrected chi connectivity index (χ4v) is 2.12. The quantitative estimate of drug-likeness (QED) is 0.820. The second-order valence-corrected chi connectivity index (χ2v) is 4.74. The van der Waals surface area contributed by atoms with Gasteiger partial charge < -0.3 is 15.8 Å². The number of hydrogen-bond donors (Lipinski definition) is 2. The van der Waals surface area contributed by atoms with E-state index in [-0.39, 0.29) is 17.7 Å². The van der Waals surface area contributed by atoms with Crippen LogP contribution in [-0.4, -0.2) is 24.7 Å². The van der Waals surface area contributed by atoms with Gasteiger partial charge in [-0.3, -0.25) is 4.79 Å². The Balaban J connectivity index is 2.18. The summed E-state index contributed by atoms with van der Waals surface area (Å²) in [4.78, 5) is 12.0. The summed E-state index contributed by atoms with van der Waals surface area (Å²) < 4.78 is 43.5. The third kappa shape index (κ3) is 3.04. The molecule has 20 heavy (non-hydrogen) atoms. The number of nitrogens with two attached hydrogens (primary N) is 1. The molecule has 1 amide bonds. The highest BCUT2D eigenvalue weighted by molar-refractivity contribution is 5.95. The molecule has 1 aromatic carbocycles. The highest BCUT2D eigenvalue weighted by Gasteiger charge is 2.34. The van der Waals surface area contributed by atoms with Gasteiger partial charge in [-0.15, -0.1) is 0 Å². The number of benzene rings is 1. The van der Waals surface area contributed by atoms with Gasteiger partial charge in [0.15, 0.2) is 0 Å². The molecule has 0 radical (unpaired) electrons. The van der Waals surface area contributed by atoms with Crippen molar-refractivity contribution in [3.8, 4) is 0 Å². The van der Waals surface area contributed by atoms with Crippen molar-refractivity contribution in [3.63, 3.8) is 0 Å². The number of halogens is 3. The number of carbonyl (C=O) groups is 1. The van der Waals surface area contributed by atoms with Crippen LogP contribution in [0, 0.1) is 0 Å². The third-order valence-electron chi connectivity index (χ3n) is 3.31. The number of alkyl halides is 3. The van der Waals surface area contributed by atoms with E-state index in [1.165, 1.54) is 6.07 Å². The lowest BCUT2D eigenvalue weighted by Gasteiger charge is -2.17. The van der Waals surface area contributed by atoms with Crippen LogP contribution in [0.1, 0.15) is 29.3 Å². The first-order valence-corrected chi connectivity index (χ1v) is 6.18. The molecular weight excluding hydrogens is 273 g/mol. The third-order valence-corrected chi connectivity index (χ3v) is 3.31. The minimum atomic E-state index is -4.58. The van der Waals surface area contributed by atoms with Crippen molar-refractivity contribution in [1.82, 2.24) is 5.32 Å². The molecular formula is C13H15F3N2O2. The standard InChI is InChI=1S/C13H15F3N2O2/c1-7-11(4-5-20-7)18-12(19)8-2-3-10(17)9(6-8)13(14,15)16/h2-3,6-7,11H,4-5,17H2,1H3,(H,18,19). The summed E-state index contributed by atoms with van der Waals surface area (Å²) in [5, 5.41) is 2.67. The van der Waals surface area contributed by atoms with Crippen molar-refractivity contribution < 1.29 is 22.7 Å². The molecule has 3 N–H and O–H groups in total. The summed E-state index contributed by atoms with van der Waals surface area (Å²) in [6.07, 6.45) is -4.08. The molecule has 1 aliphatic heterocycles. The molecule has 0 aromatic heterocycles. The summed E-state index contributed by atoms with van der Waals surface area (Å²) in [7, 11) is 0. The van der Waals surface area contributed by atoms with Gasteiger partial charge in [0.25, 0.3) is 5.91 Å². The van der Waals surface area contributed by atoms with E-state index in [1.807, 2.05) is 6.92 Å². The molecule has 1 aliphatic rings. The zero-order valence-corrected chi connectivity index (χ0v) is 10.8. The Kier molecular flexibility index (Phi) is 3.89. The molecule has 4 nitrogen and oxygen atoms in total. The van der Waals surface area contributed by atoms with Gasteiger partial charge in [0, 0.05) is 17.9 Å². The van der Waals surface area contributed by atoms with Crippen molar-refractivity contribution in [3.05, 3.63) is 29.3 Å². The Bertz CT molecular complexity index is 517. The molecule has 1 heterocycles. The van der Waals surface area contributed by atoms with Gasteiger partial charge >= 0.3 is 6.18 Å². The zero-order chi connectivity index (χ0) is 14.9. The Hall–Kier alpha value is -1.76. The molecule has 0 spiro atoms. The van der Waals surface area contributed by atoms with Gasteiger partial charge in [-0.25, -0.2) is 0 Å². The fraction of sp³-hybridized carbons (Fsp3) is 0.462. The highest BCUT2D eigenvalue weighted by Crippen LogP contribution is 2.34. The largest absolute Gasteiger partial charge is 0.418 e. The summed E-state index contributed by atoms with van der Waals surface area (Å²) >= 11 is 0. The van der Waals surface area contributed by atoms with Crippen LogP contribution in [0.3, 0.4) is 0 Å². The first kappa shape index (κ1) is 14.6. The number of nitrogens with one attached hydrogen (secondary N) is 1. The molecule has 1 aromatic rings. The maximum absolute atomic E-state index is 12.7. The summed E-state index contributed by atoms with van der Waals surface area (Å²) in [5.41, 5.74) is 3.83. The second kappa shape index (κ2) is 5.32. The molecule has 7 heteroatoms. The molecule has 2 atom stereocenters. The Morgan fingerprint density at radius 1 is 1.45 bits per heavy atom. The van der Waals surface area contributed by atoms with Crippen molar-refractivity contribution >= 4 is 11.6 Å². The first-order valence-electron chi connectivity index (χ1n) is 6.18. The van der Waals surface area contributed by atoms with Gasteiger partial charge in [0.05, 0.1) is 17.7 Å². The smallest absolute Gasteiger partial charge is 0.398 e. The summed E-state index contributed by atoms with van der Waals surface area (Å²) in [6.45, 7) is 2.34. The SMILES string of the molecule is CC1OCCC1NC(=O)c1ccc(N)c(C(F)(F)F)c1. The van der Waals surface area contributed by atoms with Gasteiger partial charge in [0.1, 0.15) is 0 Å². The van der Waals surface area contributed by atoms with Gasteiger partial charge in [-0.2, -0.15) is 13.2 Å². The Labute approximate surface area is 114 Å². The number of nitrogen functional groups attached to an aromatic ring is 1. The topological polar surface area (TPSA) is 64.3 Å². The highest BCUT2D eigenvalue weighted by atomic mass is 19.4. The number of amides is 1. The molecule has 0 saturated carbocycles. The summed E-state index contributed by atoms with van der Waals surface area (Å²) in [6, 6.07) is 2.95. The lowest BCUT2D eigenvalue weighted by Crippen LogP contribution is -2.39. The van der Waals surface area contributed by atoms with Crippen LogP contribution in [0.4, 0.5) is 18.9 Å². The van der Waals surface area contributed by atoms with Gasteiger partial charge in [-0.05, 0) is 31.5 Å². The van der Waals surface area contributed by atoms with Crippen LogP contribution in [0.15, 0.2) is 18.2 Å². The molecule has 0 bridgehead atoms. The van der Waals surface area contributed by atoms with Crippen LogP contribution >= 0.6 is 0 Å². The van der Waals surface area contributed by atoms with Gasteiger partial charge in [-0.1, -0.05) is 0 Å². The van der Waals surface area contributed by atoms with Crippen molar-refractivity contribution in [2.24, 2.45) is 0 Å². The average Bonchev–Trinajstić information content (AvgIpc) is 2.74. The molecule has 2 rings (SSSR count). The fourth-order valence-electron chi connectivity index (χ4n) is 2.12. The van der Waals surface area contributed by atoms with E-state index in [4.69, 9.17) is 10.5 Å². The van der Waals surface area contributed by atoms with Crippen molar-refractivity contribution in [1.29, 1.82) is 0 Å². The minimum Gasteiger partial charge on any atom is -0.398 e. The Morgan fingerprint density at radius 2 is 2.15 bits per heavy atom. The lowest BCUT2D eigenvalue weighted by atomic mass is 10.1. The predicted octanol–water partition coefficient (Wildman–Crippen LogP) is 2.19. The van der Waals surface area contributed by atoms with Crippen molar-refractivity contribution in [2.45, 2.75) is 31.7 Å². The maximum Gasteiger partial charge on any atom is 0.418 e. The number of ether oxygens (including phenoxy) is 1. The maximum atomic E-state index is 12.7. The molecule has 110 valence electrons. The minimum absolute atomic E-state index is 0.0642. The van der Waals surface area contributed by atoms with E-state index in [9.17, 15) is 18.0 Å². The van der Waals surface area contributed by atoms with E-state index in [2.05, 4.69) is 5.32 Å². The lowest BCUT2D eigenvalue weighted by molar-refractivity contribution is -0.136. The second-order valence-electron chi connectivity index (χ2n) is 4.74. The zero-order valence-electron chi connectivity index (χ0n) is 10.8. The van der Waals surface area contributed by atoms with Crippen LogP contribution < -0.4 is 11.1 Å². The number of hydrogen-bond acceptors (Lipinski definition) is 3. The van der Waals surface area contributed by atoms with E-state index in [1.54, 1.807) is 0 Å². The van der Waals surface area contributed by atoms with Crippen molar-refractivity contribution in [2.75, 3.05) is 12.3 Å². The molecule has 0 aliphatic carbocycles. The van der Waals surface area contributed by atoms with Crippen LogP contribution in [0.25, 0.3) is 0 Å². The van der Waals surface area contributed by atoms with Gasteiger partial charge in [0.2, 0.25) is 0 Å². The molecule has 1 saturated heterocycles. The van der Waals surface area contributed by atoms with Crippen LogP contribution in [0.5, 0.6) is 0 Å². The first-order chi connectivity index (χ1) is 9.29. The molecule has 1 fully saturated rings. The Morgan fingerprint density at radius 3 is 2.70 bits per heavy atom. The van der Waals surface area contributed by atoms with E-state index >= 15 is 0 Å². The van der Waals surface area contributed by atoms with E-state index < -0.39 is 23.3 Å². The van der Waals surface area contributed by atoms with Crippen LogP contribution in [0.2, 0.25) is 0 Å². The summed E-state index contributed by atoms with van der Waals surface area (Å²) in [5.74, 6) is -0.558. The van der Waals surface area contributed by atoms with Crippen LogP contribution in [-0.2, 0) is 10.9 Å². The molecule has 2 unspecified atom stereocenters. The number of rotatable bonds is 2. The van der Waals surface area contributed by atoms with E-state index in [0.717, 1.165) is 12.1 Å².